The van der Waals surface area contributed by atoms with Crippen LogP contribution in [0.15, 0.2) is 132 Å². The summed E-state index contributed by atoms with van der Waals surface area (Å²) in [6.45, 7) is 0. The van der Waals surface area contributed by atoms with Crippen LogP contribution in [0.2, 0.25) is 0 Å². The average Bonchev–Trinajstić information content (AvgIpc) is 2.98. The van der Waals surface area contributed by atoms with Crippen molar-refractivity contribution in [2.45, 2.75) is 0 Å². The Morgan fingerprint density at radius 2 is 1.08 bits per heavy atom. The third-order valence-corrected chi connectivity index (χ3v) is 6.60. The molecular weight excluding hydrogens is 520 g/mol. The first kappa shape index (κ1) is 23.0. The smallest absolute Gasteiger partial charge is 0.160 e. The monoisotopic (exact) mass is 540 g/mol. The number of aromatic nitrogens is 4. The molecule has 3 aromatic carbocycles. The van der Waals surface area contributed by atoms with E-state index in [1.807, 2.05) is 30.5 Å². The summed E-state index contributed by atoms with van der Waals surface area (Å²) in [6.07, 6.45) is 7.18. The Morgan fingerprint density at radius 1 is 0.432 bits per heavy atom. The Morgan fingerprint density at radius 3 is 1.81 bits per heavy atom. The van der Waals surface area contributed by atoms with Crippen LogP contribution in [-0.2, 0) is 0 Å². The lowest BCUT2D eigenvalue weighted by Gasteiger charge is -2.11. The van der Waals surface area contributed by atoms with Gasteiger partial charge in [-0.15, -0.1) is 0 Å². The zero-order chi connectivity index (χ0) is 25.0. The van der Waals surface area contributed by atoms with Gasteiger partial charge in [-0.05, 0) is 59.2 Å². The van der Waals surface area contributed by atoms with Gasteiger partial charge in [0.2, 0.25) is 0 Å². The Labute approximate surface area is 223 Å². The van der Waals surface area contributed by atoms with Gasteiger partial charge in [-0.2, -0.15) is 0 Å². The van der Waals surface area contributed by atoms with Gasteiger partial charge >= 0.3 is 0 Å². The van der Waals surface area contributed by atoms with Gasteiger partial charge in [0.05, 0.1) is 11.4 Å². The van der Waals surface area contributed by atoms with Gasteiger partial charge in [0.15, 0.2) is 5.82 Å². The van der Waals surface area contributed by atoms with E-state index in [1.165, 1.54) is 11.1 Å². The molecule has 3 aromatic heterocycles. The zero-order valence-corrected chi connectivity index (χ0v) is 21.4. The first-order valence-corrected chi connectivity index (χ1v) is 12.7. The molecule has 0 aliphatic rings. The SMILES string of the molecule is Brc1cc(-c2cccnc2)cc(-c2cc(-c3ccc(-c4ccccc4)cc3)nc(-c3ccncc3)n2)c1. The van der Waals surface area contributed by atoms with Crippen molar-refractivity contribution in [1.82, 2.24) is 19.9 Å². The number of hydrogen-bond acceptors (Lipinski definition) is 4. The molecule has 4 nitrogen and oxygen atoms in total. The molecule has 0 N–H and O–H groups in total. The highest BCUT2D eigenvalue weighted by Crippen LogP contribution is 2.33. The summed E-state index contributed by atoms with van der Waals surface area (Å²) in [5.41, 5.74) is 9.11. The molecule has 0 aliphatic carbocycles. The lowest BCUT2D eigenvalue weighted by molar-refractivity contribution is 1.17. The molecule has 6 rings (SSSR count). The molecule has 0 bridgehead atoms. The van der Waals surface area contributed by atoms with E-state index in [2.05, 4.69) is 105 Å². The van der Waals surface area contributed by atoms with Crippen molar-refractivity contribution in [2.75, 3.05) is 0 Å². The Hall–Kier alpha value is -4.48. The molecule has 176 valence electrons. The molecule has 0 spiro atoms. The highest BCUT2D eigenvalue weighted by Gasteiger charge is 2.13. The number of hydrogen-bond donors (Lipinski definition) is 0. The van der Waals surface area contributed by atoms with Crippen LogP contribution in [0.1, 0.15) is 0 Å². The van der Waals surface area contributed by atoms with E-state index in [0.717, 1.165) is 43.7 Å². The minimum atomic E-state index is 0.657. The molecule has 0 aliphatic heterocycles. The lowest BCUT2D eigenvalue weighted by Crippen LogP contribution is -1.96. The van der Waals surface area contributed by atoms with E-state index in [1.54, 1.807) is 18.6 Å². The predicted molar refractivity (Wildman–Crippen MR) is 153 cm³/mol. The lowest BCUT2D eigenvalue weighted by atomic mass is 10.0. The molecule has 6 aromatic rings. The van der Waals surface area contributed by atoms with E-state index in [4.69, 9.17) is 9.97 Å². The summed E-state index contributed by atoms with van der Waals surface area (Å²) in [7, 11) is 0. The van der Waals surface area contributed by atoms with Crippen molar-refractivity contribution in [1.29, 1.82) is 0 Å². The molecule has 5 heteroatoms. The van der Waals surface area contributed by atoms with Crippen LogP contribution in [-0.4, -0.2) is 19.9 Å². The van der Waals surface area contributed by atoms with Gasteiger partial charge < -0.3 is 0 Å². The Balaban J connectivity index is 1.47. The maximum absolute atomic E-state index is 4.97. The molecular formula is C32H21BrN4. The van der Waals surface area contributed by atoms with Gasteiger partial charge in [0.25, 0.3) is 0 Å². The van der Waals surface area contributed by atoms with Crippen molar-refractivity contribution in [3.05, 3.63) is 132 Å². The second kappa shape index (κ2) is 10.2. The Kier molecular flexibility index (Phi) is 6.36. The topological polar surface area (TPSA) is 51.6 Å². The molecule has 0 saturated heterocycles. The first-order chi connectivity index (χ1) is 18.2. The van der Waals surface area contributed by atoms with E-state index in [-0.39, 0.29) is 0 Å². The zero-order valence-electron chi connectivity index (χ0n) is 19.8. The normalized spacial score (nSPS) is 10.8. The van der Waals surface area contributed by atoms with Gasteiger partial charge in [-0.1, -0.05) is 76.6 Å². The molecule has 0 atom stereocenters. The molecule has 0 radical (unpaired) electrons. The highest BCUT2D eigenvalue weighted by molar-refractivity contribution is 9.10. The van der Waals surface area contributed by atoms with Crippen LogP contribution in [0, 0.1) is 0 Å². The second-order valence-electron chi connectivity index (χ2n) is 8.61. The summed E-state index contributed by atoms with van der Waals surface area (Å²) in [5, 5.41) is 0. The van der Waals surface area contributed by atoms with Crippen LogP contribution < -0.4 is 0 Å². The van der Waals surface area contributed by atoms with E-state index >= 15 is 0 Å². The highest BCUT2D eigenvalue weighted by atomic mass is 79.9. The van der Waals surface area contributed by atoms with Crippen LogP contribution in [0.25, 0.3) is 56.2 Å². The third-order valence-electron chi connectivity index (χ3n) is 6.14. The molecule has 0 unspecified atom stereocenters. The average molecular weight is 541 g/mol. The van der Waals surface area contributed by atoms with Crippen LogP contribution >= 0.6 is 15.9 Å². The van der Waals surface area contributed by atoms with Gasteiger partial charge in [-0.25, -0.2) is 9.97 Å². The van der Waals surface area contributed by atoms with Gasteiger partial charge in [-0.3, -0.25) is 9.97 Å². The molecule has 0 saturated carbocycles. The van der Waals surface area contributed by atoms with E-state index in [9.17, 15) is 0 Å². The number of rotatable bonds is 5. The van der Waals surface area contributed by atoms with Crippen molar-refractivity contribution in [3.8, 4) is 56.2 Å². The fraction of sp³-hybridized carbons (Fsp3) is 0. The standard InChI is InChI=1S/C32H21BrN4/c33-29-18-27(26-7-4-14-35-21-26)17-28(19-29)31-20-30(36-32(37-31)25-12-15-34-16-13-25)24-10-8-23(9-11-24)22-5-2-1-3-6-22/h1-21H. The van der Waals surface area contributed by atoms with E-state index < -0.39 is 0 Å². The summed E-state index contributed by atoms with van der Waals surface area (Å²) in [5.74, 6) is 0.657. The molecule has 0 fully saturated rings. The number of nitrogens with zero attached hydrogens (tertiary/aromatic N) is 4. The Bertz CT molecular complexity index is 1650. The van der Waals surface area contributed by atoms with Gasteiger partial charge in [0, 0.05) is 51.5 Å². The molecule has 3 heterocycles. The number of benzene rings is 3. The molecule has 0 amide bonds. The number of halogens is 1. The van der Waals surface area contributed by atoms with Crippen LogP contribution in [0.4, 0.5) is 0 Å². The van der Waals surface area contributed by atoms with Crippen molar-refractivity contribution in [3.63, 3.8) is 0 Å². The van der Waals surface area contributed by atoms with Crippen LogP contribution in [0.3, 0.4) is 0 Å². The van der Waals surface area contributed by atoms with Gasteiger partial charge in [0.1, 0.15) is 0 Å². The summed E-state index contributed by atoms with van der Waals surface area (Å²) >= 11 is 3.69. The van der Waals surface area contributed by atoms with Crippen molar-refractivity contribution >= 4 is 15.9 Å². The maximum Gasteiger partial charge on any atom is 0.160 e. The summed E-state index contributed by atoms with van der Waals surface area (Å²) in [4.78, 5) is 18.4. The minimum Gasteiger partial charge on any atom is -0.265 e. The van der Waals surface area contributed by atoms with E-state index in [0.29, 0.717) is 5.82 Å². The van der Waals surface area contributed by atoms with Crippen molar-refractivity contribution < 1.29 is 0 Å². The predicted octanol–water partition coefficient (Wildman–Crippen LogP) is 8.36. The molecule has 37 heavy (non-hydrogen) atoms. The third kappa shape index (κ3) is 5.08. The fourth-order valence-corrected chi connectivity index (χ4v) is 4.77. The number of pyridine rings is 2. The summed E-state index contributed by atoms with van der Waals surface area (Å²) in [6, 6.07) is 35.1. The largest absolute Gasteiger partial charge is 0.265 e. The van der Waals surface area contributed by atoms with Crippen molar-refractivity contribution in [2.24, 2.45) is 0 Å². The maximum atomic E-state index is 4.97. The minimum absolute atomic E-state index is 0.657. The summed E-state index contributed by atoms with van der Waals surface area (Å²) < 4.78 is 0.974. The van der Waals surface area contributed by atoms with Crippen LogP contribution in [0.5, 0.6) is 0 Å². The fourth-order valence-electron chi connectivity index (χ4n) is 4.27. The second-order valence-corrected chi connectivity index (χ2v) is 9.53. The first-order valence-electron chi connectivity index (χ1n) is 11.9. The quantitative estimate of drug-likeness (QED) is 0.220.